The van der Waals surface area contributed by atoms with E-state index in [1.807, 2.05) is 19.1 Å². The van der Waals surface area contributed by atoms with Gasteiger partial charge in [-0.25, -0.2) is 4.98 Å². The minimum atomic E-state index is -0.0314. The van der Waals surface area contributed by atoms with Crippen LogP contribution in [0.25, 0.3) is 11.0 Å². The molecule has 80 valence electrons. The molecular formula is C11H14BrN3. The number of nitrogens with zero attached hydrogens (tertiary/aromatic N) is 2. The molecule has 4 heteroatoms. The zero-order valence-electron chi connectivity index (χ0n) is 8.87. The molecule has 0 unspecified atom stereocenters. The lowest BCUT2D eigenvalue weighted by molar-refractivity contribution is 0.650. The standard InChI is InChI=1S/C11H14BrN3/c1-3-15-10-5-4-8(12)6-9(10)14-11(15)7(2)13/h4-7H,3,13H2,1-2H3/t7-/m1/s1. The largest absolute Gasteiger partial charge is 0.327 e. The van der Waals surface area contributed by atoms with Gasteiger partial charge in [0.05, 0.1) is 17.1 Å². The maximum atomic E-state index is 5.90. The maximum Gasteiger partial charge on any atom is 0.126 e. The van der Waals surface area contributed by atoms with Gasteiger partial charge in [-0.1, -0.05) is 15.9 Å². The molecule has 0 fully saturated rings. The highest BCUT2D eigenvalue weighted by atomic mass is 79.9. The average molecular weight is 268 g/mol. The number of rotatable bonds is 2. The summed E-state index contributed by atoms with van der Waals surface area (Å²) in [4.78, 5) is 4.55. The number of hydrogen-bond donors (Lipinski definition) is 1. The second-order valence-corrected chi connectivity index (χ2v) is 4.55. The Morgan fingerprint density at radius 1 is 1.53 bits per heavy atom. The van der Waals surface area contributed by atoms with Gasteiger partial charge in [0.1, 0.15) is 5.82 Å². The van der Waals surface area contributed by atoms with Crippen molar-refractivity contribution in [3.05, 3.63) is 28.5 Å². The van der Waals surface area contributed by atoms with Crippen LogP contribution in [0.5, 0.6) is 0 Å². The van der Waals surface area contributed by atoms with E-state index >= 15 is 0 Å². The first kappa shape index (κ1) is 10.6. The molecule has 0 bridgehead atoms. The van der Waals surface area contributed by atoms with Crippen molar-refractivity contribution in [1.29, 1.82) is 0 Å². The lowest BCUT2D eigenvalue weighted by Gasteiger charge is -2.08. The molecule has 0 radical (unpaired) electrons. The molecular weight excluding hydrogens is 254 g/mol. The number of benzene rings is 1. The lowest BCUT2D eigenvalue weighted by Crippen LogP contribution is -2.12. The highest BCUT2D eigenvalue weighted by Gasteiger charge is 2.12. The summed E-state index contributed by atoms with van der Waals surface area (Å²) >= 11 is 3.44. The predicted molar refractivity (Wildman–Crippen MR) is 65.7 cm³/mol. The second-order valence-electron chi connectivity index (χ2n) is 3.64. The van der Waals surface area contributed by atoms with Crippen molar-refractivity contribution in [2.75, 3.05) is 0 Å². The van der Waals surface area contributed by atoms with E-state index < -0.39 is 0 Å². The first-order chi connectivity index (χ1) is 7.13. The van der Waals surface area contributed by atoms with E-state index in [9.17, 15) is 0 Å². The SMILES string of the molecule is CCn1c([C@@H](C)N)nc2cc(Br)ccc21. The van der Waals surface area contributed by atoms with Crippen LogP contribution in [0, 0.1) is 0 Å². The molecule has 1 heterocycles. The predicted octanol–water partition coefficient (Wildman–Crippen LogP) is 2.84. The molecule has 2 N–H and O–H groups in total. The van der Waals surface area contributed by atoms with Crippen LogP contribution in [0.3, 0.4) is 0 Å². The summed E-state index contributed by atoms with van der Waals surface area (Å²) in [6.45, 7) is 4.96. The molecule has 0 saturated carbocycles. The van der Waals surface area contributed by atoms with E-state index in [4.69, 9.17) is 5.73 Å². The van der Waals surface area contributed by atoms with E-state index in [1.54, 1.807) is 0 Å². The molecule has 3 nitrogen and oxygen atoms in total. The Labute approximate surface area is 97.4 Å². The Kier molecular flexibility index (Phi) is 2.80. The third kappa shape index (κ3) is 1.79. The maximum absolute atomic E-state index is 5.90. The van der Waals surface area contributed by atoms with Gasteiger partial charge in [-0.2, -0.15) is 0 Å². The third-order valence-electron chi connectivity index (χ3n) is 2.46. The van der Waals surface area contributed by atoms with Gasteiger partial charge < -0.3 is 10.3 Å². The normalized spacial score (nSPS) is 13.3. The highest BCUT2D eigenvalue weighted by Crippen LogP contribution is 2.22. The first-order valence-corrected chi connectivity index (χ1v) is 5.84. The first-order valence-electron chi connectivity index (χ1n) is 5.04. The fourth-order valence-corrected chi connectivity index (χ4v) is 2.15. The van der Waals surface area contributed by atoms with E-state index in [0.29, 0.717) is 0 Å². The van der Waals surface area contributed by atoms with Crippen LogP contribution in [0.4, 0.5) is 0 Å². The number of fused-ring (bicyclic) bond motifs is 1. The minimum absolute atomic E-state index is 0.0314. The smallest absolute Gasteiger partial charge is 0.126 e. The molecule has 0 spiro atoms. The van der Waals surface area contributed by atoms with Crippen LogP contribution in [-0.2, 0) is 6.54 Å². The van der Waals surface area contributed by atoms with Crippen molar-refractivity contribution in [3.63, 3.8) is 0 Å². The van der Waals surface area contributed by atoms with Crippen molar-refractivity contribution < 1.29 is 0 Å². The van der Waals surface area contributed by atoms with Crippen LogP contribution in [0.15, 0.2) is 22.7 Å². The minimum Gasteiger partial charge on any atom is -0.327 e. The molecule has 1 atom stereocenters. The molecule has 2 aromatic rings. The van der Waals surface area contributed by atoms with Crippen LogP contribution >= 0.6 is 15.9 Å². The Balaban J connectivity index is 2.73. The Bertz CT molecular complexity index is 488. The van der Waals surface area contributed by atoms with Gasteiger partial charge >= 0.3 is 0 Å². The molecule has 0 saturated heterocycles. The van der Waals surface area contributed by atoms with Crippen molar-refractivity contribution in [2.45, 2.75) is 26.4 Å². The van der Waals surface area contributed by atoms with Gasteiger partial charge in [-0.15, -0.1) is 0 Å². The summed E-state index contributed by atoms with van der Waals surface area (Å²) in [7, 11) is 0. The number of hydrogen-bond acceptors (Lipinski definition) is 2. The van der Waals surface area contributed by atoms with Gasteiger partial charge in [0.2, 0.25) is 0 Å². The van der Waals surface area contributed by atoms with E-state index in [0.717, 1.165) is 27.9 Å². The molecule has 2 rings (SSSR count). The number of nitrogens with two attached hydrogens (primary N) is 1. The number of aromatic nitrogens is 2. The van der Waals surface area contributed by atoms with Crippen LogP contribution in [-0.4, -0.2) is 9.55 Å². The average Bonchev–Trinajstić information content (AvgIpc) is 2.55. The molecule has 0 amide bonds. The Hall–Kier alpha value is -0.870. The highest BCUT2D eigenvalue weighted by molar-refractivity contribution is 9.10. The molecule has 0 aliphatic heterocycles. The number of aryl methyl sites for hydroxylation is 1. The van der Waals surface area contributed by atoms with Crippen molar-refractivity contribution in [2.24, 2.45) is 5.73 Å². The van der Waals surface area contributed by atoms with Crippen molar-refractivity contribution >= 4 is 27.0 Å². The van der Waals surface area contributed by atoms with E-state index in [-0.39, 0.29) is 6.04 Å². The lowest BCUT2D eigenvalue weighted by atomic mass is 10.3. The van der Waals surface area contributed by atoms with E-state index in [1.165, 1.54) is 0 Å². The summed E-state index contributed by atoms with van der Waals surface area (Å²) in [5.41, 5.74) is 8.04. The third-order valence-corrected chi connectivity index (χ3v) is 2.96. The van der Waals surface area contributed by atoms with Gasteiger partial charge in [0.15, 0.2) is 0 Å². The summed E-state index contributed by atoms with van der Waals surface area (Å²) in [6, 6.07) is 6.09. The summed E-state index contributed by atoms with van der Waals surface area (Å²) in [6.07, 6.45) is 0. The van der Waals surface area contributed by atoms with Crippen LogP contribution in [0.2, 0.25) is 0 Å². The summed E-state index contributed by atoms with van der Waals surface area (Å²) < 4.78 is 3.21. The Morgan fingerprint density at radius 3 is 2.87 bits per heavy atom. The molecule has 0 aliphatic carbocycles. The van der Waals surface area contributed by atoms with Crippen molar-refractivity contribution in [3.8, 4) is 0 Å². The van der Waals surface area contributed by atoms with Crippen LogP contribution < -0.4 is 5.73 Å². The summed E-state index contributed by atoms with van der Waals surface area (Å²) in [5.74, 6) is 0.950. The molecule has 1 aromatic heterocycles. The van der Waals surface area contributed by atoms with Crippen LogP contribution in [0.1, 0.15) is 25.7 Å². The fourth-order valence-electron chi connectivity index (χ4n) is 1.80. The monoisotopic (exact) mass is 267 g/mol. The number of halogens is 1. The molecule has 1 aromatic carbocycles. The number of imidazole rings is 1. The zero-order chi connectivity index (χ0) is 11.0. The van der Waals surface area contributed by atoms with Gasteiger partial charge in [0.25, 0.3) is 0 Å². The van der Waals surface area contributed by atoms with Gasteiger partial charge in [0, 0.05) is 11.0 Å². The second kappa shape index (κ2) is 3.94. The summed E-state index contributed by atoms with van der Waals surface area (Å²) in [5, 5.41) is 0. The molecule has 0 aliphatic rings. The van der Waals surface area contributed by atoms with Crippen molar-refractivity contribution in [1.82, 2.24) is 9.55 Å². The Morgan fingerprint density at radius 2 is 2.27 bits per heavy atom. The topological polar surface area (TPSA) is 43.8 Å². The zero-order valence-corrected chi connectivity index (χ0v) is 10.5. The quantitative estimate of drug-likeness (QED) is 0.910. The van der Waals surface area contributed by atoms with E-state index in [2.05, 4.69) is 38.5 Å². The molecule has 15 heavy (non-hydrogen) atoms. The van der Waals surface area contributed by atoms with Gasteiger partial charge in [-0.3, -0.25) is 0 Å². The van der Waals surface area contributed by atoms with Gasteiger partial charge in [-0.05, 0) is 32.0 Å². The fraction of sp³-hybridized carbons (Fsp3) is 0.364.